The van der Waals surface area contributed by atoms with Gasteiger partial charge in [0, 0.05) is 36.5 Å². The summed E-state index contributed by atoms with van der Waals surface area (Å²) >= 11 is 1.63. The largest absolute Gasteiger partial charge is 0.339 e. The molecule has 7 heteroatoms. The predicted octanol–water partition coefficient (Wildman–Crippen LogP) is 5.15. The van der Waals surface area contributed by atoms with E-state index < -0.39 is 17.5 Å². The highest BCUT2D eigenvalue weighted by molar-refractivity contribution is 7.09. The number of nitrogens with zero attached hydrogens (tertiary/aromatic N) is 2. The Morgan fingerprint density at radius 2 is 1.76 bits per heavy atom. The van der Waals surface area contributed by atoms with Gasteiger partial charge in [-0.25, -0.2) is 8.78 Å². The molecule has 1 saturated heterocycles. The molecule has 33 heavy (non-hydrogen) atoms. The molecule has 1 aliphatic rings. The molecule has 172 valence electrons. The minimum Gasteiger partial charge on any atom is -0.339 e. The van der Waals surface area contributed by atoms with Crippen molar-refractivity contribution in [1.29, 1.82) is 0 Å². The molecule has 0 radical (unpaired) electrons. The second-order valence-electron chi connectivity index (χ2n) is 8.27. The molecule has 0 saturated carbocycles. The molecule has 0 unspecified atom stereocenters. The van der Waals surface area contributed by atoms with E-state index in [1.54, 1.807) is 16.2 Å². The zero-order valence-corrected chi connectivity index (χ0v) is 19.1. The Morgan fingerprint density at radius 3 is 2.42 bits per heavy atom. The lowest BCUT2D eigenvalue weighted by atomic mass is 9.94. The highest BCUT2D eigenvalue weighted by Gasteiger charge is 2.31. The molecule has 3 aromatic rings. The van der Waals surface area contributed by atoms with Gasteiger partial charge >= 0.3 is 0 Å². The Morgan fingerprint density at radius 1 is 1.00 bits per heavy atom. The number of halogens is 2. The Hall–Kier alpha value is -3.06. The lowest BCUT2D eigenvalue weighted by molar-refractivity contribution is -0.137. The van der Waals surface area contributed by atoms with Crippen LogP contribution >= 0.6 is 11.3 Å². The average Bonchev–Trinajstić information content (AvgIpc) is 3.35. The summed E-state index contributed by atoms with van der Waals surface area (Å²) in [6.07, 6.45) is 1.83. The molecule has 4 nitrogen and oxygen atoms in total. The molecule has 0 N–H and O–H groups in total. The third kappa shape index (κ3) is 5.85. The van der Waals surface area contributed by atoms with Crippen LogP contribution in [0, 0.1) is 17.6 Å². The van der Waals surface area contributed by atoms with Crippen LogP contribution in [0.2, 0.25) is 0 Å². The van der Waals surface area contributed by atoms with Crippen molar-refractivity contribution in [2.75, 3.05) is 19.6 Å². The monoisotopic (exact) mass is 468 g/mol. The molecule has 0 atom stereocenters. The Kier molecular flexibility index (Phi) is 7.50. The molecule has 1 aromatic heterocycles. The van der Waals surface area contributed by atoms with Crippen LogP contribution in [0.25, 0.3) is 0 Å². The number of amides is 2. The average molecular weight is 469 g/mol. The Labute approximate surface area is 196 Å². The quantitative estimate of drug-likeness (QED) is 0.481. The third-order valence-electron chi connectivity index (χ3n) is 6.04. The second-order valence-corrected chi connectivity index (χ2v) is 9.30. The van der Waals surface area contributed by atoms with Gasteiger partial charge in [-0.2, -0.15) is 0 Å². The van der Waals surface area contributed by atoms with E-state index in [0.717, 1.165) is 23.4 Å². The summed E-state index contributed by atoms with van der Waals surface area (Å²) < 4.78 is 27.2. The van der Waals surface area contributed by atoms with Crippen molar-refractivity contribution in [3.05, 3.63) is 93.7 Å². The van der Waals surface area contributed by atoms with Gasteiger partial charge in [0.15, 0.2) is 0 Å². The third-order valence-corrected chi connectivity index (χ3v) is 6.91. The fourth-order valence-electron chi connectivity index (χ4n) is 4.19. The number of carbonyl (C=O) groups is 2. The molecular formula is C26H26F2N2O2S. The van der Waals surface area contributed by atoms with E-state index in [4.69, 9.17) is 0 Å². The summed E-state index contributed by atoms with van der Waals surface area (Å²) in [6.45, 7) is 1.94. The van der Waals surface area contributed by atoms with E-state index in [2.05, 4.69) is 12.1 Å². The lowest BCUT2D eigenvalue weighted by Gasteiger charge is -2.34. The van der Waals surface area contributed by atoms with Crippen molar-refractivity contribution < 1.29 is 18.4 Å². The molecule has 1 aliphatic heterocycles. The summed E-state index contributed by atoms with van der Waals surface area (Å²) in [5, 5.41) is 2.01. The SMILES string of the molecule is O=C(c1ccc(F)cc1F)N1CCC(C(=O)N(CCc2ccccc2)Cc2cccs2)CC1. The predicted molar refractivity (Wildman–Crippen MR) is 125 cm³/mol. The molecule has 0 aliphatic carbocycles. The zero-order valence-electron chi connectivity index (χ0n) is 18.3. The maximum atomic E-state index is 14.0. The number of hydrogen-bond acceptors (Lipinski definition) is 3. The summed E-state index contributed by atoms with van der Waals surface area (Å²) in [5.74, 6) is -2.11. The van der Waals surface area contributed by atoms with Gasteiger partial charge in [0.25, 0.3) is 5.91 Å². The van der Waals surface area contributed by atoms with Gasteiger partial charge in [0.2, 0.25) is 5.91 Å². The number of thiophene rings is 1. The maximum absolute atomic E-state index is 14.0. The van der Waals surface area contributed by atoms with Crippen molar-refractivity contribution in [1.82, 2.24) is 9.80 Å². The first-order valence-corrected chi connectivity index (χ1v) is 12.0. The first-order valence-electron chi connectivity index (χ1n) is 11.1. The second kappa shape index (κ2) is 10.7. The number of likely N-dealkylation sites (tertiary alicyclic amines) is 1. The minimum absolute atomic E-state index is 0.0967. The van der Waals surface area contributed by atoms with E-state index in [9.17, 15) is 18.4 Å². The molecule has 2 amide bonds. The number of benzene rings is 2. The molecular weight excluding hydrogens is 442 g/mol. The van der Waals surface area contributed by atoms with Crippen molar-refractivity contribution >= 4 is 23.2 Å². The van der Waals surface area contributed by atoms with Gasteiger partial charge in [-0.05, 0) is 48.4 Å². The minimum atomic E-state index is -0.860. The van der Waals surface area contributed by atoms with Crippen LogP contribution in [-0.2, 0) is 17.8 Å². The van der Waals surface area contributed by atoms with E-state index in [1.165, 1.54) is 11.6 Å². The summed E-state index contributed by atoms with van der Waals surface area (Å²) in [7, 11) is 0. The van der Waals surface area contributed by atoms with Crippen LogP contribution < -0.4 is 0 Å². The maximum Gasteiger partial charge on any atom is 0.256 e. The standard InChI is InChI=1S/C26H26F2N2O2S/c27-21-8-9-23(24(28)17-21)26(32)29-14-11-20(12-15-29)25(31)30(18-22-7-4-16-33-22)13-10-19-5-2-1-3-6-19/h1-9,16-17,20H,10-15,18H2. The topological polar surface area (TPSA) is 40.6 Å². The van der Waals surface area contributed by atoms with Gasteiger partial charge in [-0.1, -0.05) is 36.4 Å². The fourth-order valence-corrected chi connectivity index (χ4v) is 4.91. The zero-order chi connectivity index (χ0) is 23.2. The van der Waals surface area contributed by atoms with Crippen molar-refractivity contribution in [3.8, 4) is 0 Å². The van der Waals surface area contributed by atoms with Crippen LogP contribution in [-0.4, -0.2) is 41.2 Å². The highest BCUT2D eigenvalue weighted by Crippen LogP contribution is 2.24. The van der Waals surface area contributed by atoms with Gasteiger partial charge in [0.1, 0.15) is 11.6 Å². The van der Waals surface area contributed by atoms with Gasteiger partial charge in [-0.15, -0.1) is 11.3 Å². The highest BCUT2D eigenvalue weighted by atomic mass is 32.1. The van der Waals surface area contributed by atoms with Gasteiger partial charge in [0.05, 0.1) is 12.1 Å². The number of piperidine rings is 1. The van der Waals surface area contributed by atoms with E-state index >= 15 is 0 Å². The molecule has 1 fully saturated rings. The number of rotatable bonds is 7. The molecule has 0 spiro atoms. The van der Waals surface area contributed by atoms with Gasteiger partial charge < -0.3 is 9.80 Å². The smallest absolute Gasteiger partial charge is 0.256 e. The molecule has 4 rings (SSSR count). The summed E-state index contributed by atoms with van der Waals surface area (Å²) in [4.78, 5) is 30.7. The van der Waals surface area contributed by atoms with Crippen LogP contribution in [0.15, 0.2) is 66.0 Å². The van der Waals surface area contributed by atoms with E-state index in [0.29, 0.717) is 39.0 Å². The molecule has 0 bridgehead atoms. The van der Waals surface area contributed by atoms with Crippen molar-refractivity contribution in [2.45, 2.75) is 25.8 Å². The van der Waals surface area contributed by atoms with E-state index in [-0.39, 0.29) is 17.4 Å². The first-order chi connectivity index (χ1) is 16.0. The van der Waals surface area contributed by atoms with Crippen LogP contribution in [0.3, 0.4) is 0 Å². The van der Waals surface area contributed by atoms with Gasteiger partial charge in [-0.3, -0.25) is 9.59 Å². The summed E-state index contributed by atoms with van der Waals surface area (Å²) in [5.41, 5.74) is 1.05. The summed E-state index contributed by atoms with van der Waals surface area (Å²) in [6, 6.07) is 17.1. The van der Waals surface area contributed by atoms with Crippen LogP contribution in [0.5, 0.6) is 0 Å². The normalized spacial score (nSPS) is 14.3. The Bertz CT molecular complexity index is 1080. The molecule has 2 heterocycles. The van der Waals surface area contributed by atoms with E-state index in [1.807, 2.05) is 40.6 Å². The van der Waals surface area contributed by atoms with Crippen molar-refractivity contribution in [2.24, 2.45) is 5.92 Å². The lowest BCUT2D eigenvalue weighted by Crippen LogP contribution is -2.44. The first kappa shape index (κ1) is 23.1. The van der Waals surface area contributed by atoms with Crippen LogP contribution in [0.1, 0.15) is 33.6 Å². The van der Waals surface area contributed by atoms with Crippen LogP contribution in [0.4, 0.5) is 8.78 Å². The Balaban J connectivity index is 1.39. The fraction of sp³-hybridized carbons (Fsp3) is 0.308. The number of carbonyl (C=O) groups excluding carboxylic acids is 2. The van der Waals surface area contributed by atoms with Crippen molar-refractivity contribution in [3.63, 3.8) is 0 Å². The number of hydrogen-bond donors (Lipinski definition) is 0. The molecule has 2 aromatic carbocycles.